The number of rotatable bonds is 6. The van der Waals surface area contributed by atoms with Crippen molar-refractivity contribution in [2.75, 3.05) is 24.8 Å². The van der Waals surface area contributed by atoms with Crippen molar-refractivity contribution < 1.29 is 13.9 Å². The SMILES string of the molecule is COC[C@H]1Nc2nc(-c3cncc(F)c3)nc(N)c2OC1CCc1c[nH]c2ccccc12. The van der Waals surface area contributed by atoms with Crippen LogP contribution in [0, 0.1) is 5.82 Å². The second-order valence-electron chi connectivity index (χ2n) is 7.76. The van der Waals surface area contributed by atoms with Crippen LogP contribution in [0.15, 0.2) is 48.9 Å². The third-order valence-electron chi connectivity index (χ3n) is 5.61. The summed E-state index contributed by atoms with van der Waals surface area (Å²) in [5, 5.41) is 4.58. The predicted octanol–water partition coefficient (Wildman–Crippen LogP) is 3.56. The van der Waals surface area contributed by atoms with Crippen LogP contribution in [0.1, 0.15) is 12.0 Å². The van der Waals surface area contributed by atoms with Crippen LogP contribution in [0.5, 0.6) is 5.75 Å². The van der Waals surface area contributed by atoms with E-state index in [1.54, 1.807) is 7.11 Å². The lowest BCUT2D eigenvalue weighted by molar-refractivity contribution is 0.0981. The number of nitrogens with two attached hydrogens (primary N) is 1. The van der Waals surface area contributed by atoms with Crippen LogP contribution in [0.4, 0.5) is 16.0 Å². The lowest BCUT2D eigenvalue weighted by Gasteiger charge is -2.34. The number of nitrogens with one attached hydrogen (secondary N) is 2. The van der Waals surface area contributed by atoms with Crippen molar-refractivity contribution in [3.8, 4) is 17.1 Å². The number of benzene rings is 1. The summed E-state index contributed by atoms with van der Waals surface area (Å²) < 4.78 is 25.3. The van der Waals surface area contributed by atoms with Gasteiger partial charge in [-0.05, 0) is 30.5 Å². The molecule has 8 nitrogen and oxygen atoms in total. The Morgan fingerprint density at radius 3 is 2.94 bits per heavy atom. The van der Waals surface area contributed by atoms with Crippen LogP contribution in [0.2, 0.25) is 0 Å². The number of hydrogen-bond acceptors (Lipinski definition) is 7. The summed E-state index contributed by atoms with van der Waals surface area (Å²) in [5.41, 5.74) is 8.97. The van der Waals surface area contributed by atoms with E-state index < -0.39 is 5.82 Å². The molecule has 5 rings (SSSR count). The Morgan fingerprint density at radius 1 is 1.22 bits per heavy atom. The Morgan fingerprint density at radius 2 is 2.09 bits per heavy atom. The molecule has 3 aromatic heterocycles. The average molecular weight is 434 g/mol. The quantitative estimate of drug-likeness (QED) is 0.425. The van der Waals surface area contributed by atoms with E-state index in [1.165, 1.54) is 23.2 Å². The summed E-state index contributed by atoms with van der Waals surface area (Å²) in [6, 6.07) is 9.40. The van der Waals surface area contributed by atoms with Gasteiger partial charge < -0.3 is 25.5 Å². The molecule has 1 aliphatic rings. The Hall–Kier alpha value is -3.72. The minimum absolute atomic E-state index is 0.134. The zero-order valence-electron chi connectivity index (χ0n) is 17.5. The first kappa shape index (κ1) is 20.2. The highest BCUT2D eigenvalue weighted by molar-refractivity contribution is 5.83. The number of fused-ring (bicyclic) bond motifs is 2. The molecule has 0 amide bonds. The first-order valence-electron chi connectivity index (χ1n) is 10.4. The molecule has 0 aliphatic carbocycles. The second-order valence-corrected chi connectivity index (χ2v) is 7.76. The third-order valence-corrected chi connectivity index (χ3v) is 5.61. The molecular weight excluding hydrogens is 411 g/mol. The highest BCUT2D eigenvalue weighted by Crippen LogP contribution is 2.37. The van der Waals surface area contributed by atoms with Gasteiger partial charge >= 0.3 is 0 Å². The monoisotopic (exact) mass is 434 g/mol. The first-order valence-corrected chi connectivity index (χ1v) is 10.4. The fourth-order valence-electron chi connectivity index (χ4n) is 4.07. The van der Waals surface area contributed by atoms with Gasteiger partial charge in [-0.3, -0.25) is 4.98 Å². The van der Waals surface area contributed by atoms with Gasteiger partial charge in [-0.15, -0.1) is 0 Å². The topological polar surface area (TPSA) is 111 Å². The van der Waals surface area contributed by atoms with E-state index in [0.717, 1.165) is 24.6 Å². The van der Waals surface area contributed by atoms with Crippen molar-refractivity contribution in [1.29, 1.82) is 0 Å². The van der Waals surface area contributed by atoms with Crippen LogP contribution >= 0.6 is 0 Å². The largest absolute Gasteiger partial charge is 0.481 e. The number of anilines is 2. The number of nitrogen functional groups attached to an aromatic ring is 1. The fourth-order valence-corrected chi connectivity index (χ4v) is 4.07. The van der Waals surface area contributed by atoms with Crippen LogP contribution < -0.4 is 15.8 Å². The summed E-state index contributed by atoms with van der Waals surface area (Å²) in [6.45, 7) is 0.429. The van der Waals surface area contributed by atoms with Gasteiger partial charge in [0.2, 0.25) is 5.75 Å². The van der Waals surface area contributed by atoms with Gasteiger partial charge in [-0.1, -0.05) is 18.2 Å². The van der Waals surface area contributed by atoms with Crippen LogP contribution in [-0.4, -0.2) is 45.8 Å². The summed E-state index contributed by atoms with van der Waals surface area (Å²) >= 11 is 0. The van der Waals surface area contributed by atoms with Gasteiger partial charge in [0, 0.05) is 36.0 Å². The fraction of sp³-hybridized carbons (Fsp3) is 0.261. The number of ether oxygens (including phenoxy) is 2. The summed E-state index contributed by atoms with van der Waals surface area (Å²) in [7, 11) is 1.64. The summed E-state index contributed by atoms with van der Waals surface area (Å²) in [5.74, 6) is 0.852. The van der Waals surface area contributed by atoms with Gasteiger partial charge in [0.05, 0.1) is 18.8 Å². The molecule has 0 radical (unpaired) electrons. The third kappa shape index (κ3) is 3.82. The van der Waals surface area contributed by atoms with E-state index >= 15 is 0 Å². The Balaban J connectivity index is 1.40. The maximum atomic E-state index is 13.6. The molecule has 4 aromatic rings. The number of nitrogens with zero attached hydrogens (tertiary/aromatic N) is 3. The molecular formula is C23H23FN6O2. The van der Waals surface area contributed by atoms with Crippen molar-refractivity contribution in [2.24, 2.45) is 0 Å². The molecule has 4 N–H and O–H groups in total. The number of halogens is 1. The summed E-state index contributed by atoms with van der Waals surface area (Å²) in [6.07, 6.45) is 6.03. The number of hydrogen-bond donors (Lipinski definition) is 3. The minimum atomic E-state index is -0.471. The van der Waals surface area contributed by atoms with Gasteiger partial charge in [0.15, 0.2) is 17.5 Å². The summed E-state index contributed by atoms with van der Waals surface area (Å²) in [4.78, 5) is 16.0. The molecule has 1 unspecified atom stereocenters. The normalized spacial score (nSPS) is 17.6. The van der Waals surface area contributed by atoms with E-state index in [-0.39, 0.29) is 23.8 Å². The zero-order chi connectivity index (χ0) is 22.1. The number of aromatic amines is 1. The smallest absolute Gasteiger partial charge is 0.204 e. The van der Waals surface area contributed by atoms with Gasteiger partial charge in [-0.2, -0.15) is 0 Å². The lowest BCUT2D eigenvalue weighted by atomic mass is 10.0. The predicted molar refractivity (Wildman–Crippen MR) is 120 cm³/mol. The number of aryl methyl sites for hydroxylation is 1. The molecule has 0 saturated heterocycles. The molecule has 0 bridgehead atoms. The Labute approximate surface area is 184 Å². The van der Waals surface area contributed by atoms with E-state index in [4.69, 9.17) is 15.2 Å². The molecule has 164 valence electrons. The number of aromatic nitrogens is 4. The Kier molecular flexibility index (Phi) is 5.32. The number of H-pyrrole nitrogens is 1. The van der Waals surface area contributed by atoms with Gasteiger partial charge in [0.1, 0.15) is 11.9 Å². The standard InChI is InChI=1S/C23H23FN6O2/c1-31-12-18-19(7-6-13-10-27-17-5-3-2-4-16(13)17)32-20-21(25)29-22(30-23(20)28-18)14-8-15(24)11-26-9-14/h2-5,8-11,18-19,27H,6-7,12H2,1H3,(H3,25,28,29,30)/t18-,19?/m1/s1. The number of pyridine rings is 1. The first-order chi connectivity index (χ1) is 15.6. The number of methoxy groups -OCH3 is 1. The van der Waals surface area contributed by atoms with Crippen molar-refractivity contribution in [3.63, 3.8) is 0 Å². The molecule has 1 aromatic carbocycles. The van der Waals surface area contributed by atoms with Crippen molar-refractivity contribution in [1.82, 2.24) is 19.9 Å². The molecule has 0 spiro atoms. The highest BCUT2D eigenvalue weighted by Gasteiger charge is 2.32. The maximum absolute atomic E-state index is 13.6. The van der Waals surface area contributed by atoms with Crippen LogP contribution in [0.25, 0.3) is 22.3 Å². The lowest BCUT2D eigenvalue weighted by Crippen LogP contribution is -2.45. The molecule has 9 heteroatoms. The molecule has 4 heterocycles. The van der Waals surface area contributed by atoms with E-state index in [9.17, 15) is 4.39 Å². The van der Waals surface area contributed by atoms with Crippen molar-refractivity contribution in [3.05, 3.63) is 60.3 Å². The van der Waals surface area contributed by atoms with Gasteiger partial charge in [-0.25, -0.2) is 14.4 Å². The van der Waals surface area contributed by atoms with Crippen LogP contribution in [0.3, 0.4) is 0 Å². The van der Waals surface area contributed by atoms with E-state index in [1.807, 2.05) is 18.3 Å². The minimum Gasteiger partial charge on any atom is -0.481 e. The van der Waals surface area contributed by atoms with E-state index in [0.29, 0.717) is 23.7 Å². The molecule has 2 atom stereocenters. The van der Waals surface area contributed by atoms with Crippen LogP contribution in [-0.2, 0) is 11.2 Å². The number of para-hydroxylation sites is 1. The van der Waals surface area contributed by atoms with E-state index in [2.05, 4.69) is 37.4 Å². The highest BCUT2D eigenvalue weighted by atomic mass is 19.1. The van der Waals surface area contributed by atoms with Crippen molar-refractivity contribution >= 4 is 22.5 Å². The van der Waals surface area contributed by atoms with Crippen molar-refractivity contribution in [2.45, 2.75) is 25.0 Å². The molecule has 0 fully saturated rings. The maximum Gasteiger partial charge on any atom is 0.204 e. The Bertz CT molecular complexity index is 1260. The van der Waals surface area contributed by atoms with Gasteiger partial charge in [0.25, 0.3) is 0 Å². The molecule has 1 aliphatic heterocycles. The molecule has 32 heavy (non-hydrogen) atoms. The average Bonchev–Trinajstić information content (AvgIpc) is 3.21. The zero-order valence-corrected chi connectivity index (χ0v) is 17.5. The molecule has 0 saturated carbocycles. The second kappa shape index (κ2) is 8.43.